The number of nitrogens with one attached hydrogen (secondary N) is 2. The molecule has 0 aliphatic carbocycles. The lowest BCUT2D eigenvalue weighted by Crippen LogP contribution is -2.51. The highest BCUT2D eigenvalue weighted by Crippen LogP contribution is 1.94. The lowest BCUT2D eigenvalue weighted by molar-refractivity contribution is -0.126. The Hall–Kier alpha value is -0.750. The fourth-order valence-corrected chi connectivity index (χ4v) is 1.03. The van der Waals surface area contributed by atoms with E-state index < -0.39 is 24.9 Å². The van der Waals surface area contributed by atoms with Crippen molar-refractivity contribution in [1.82, 2.24) is 10.6 Å². The zero-order chi connectivity index (χ0) is 9.68. The first-order valence-corrected chi connectivity index (χ1v) is 4.07. The van der Waals surface area contributed by atoms with Crippen molar-refractivity contribution in [3.8, 4) is 0 Å². The molecule has 0 bridgehead atoms. The van der Waals surface area contributed by atoms with Gasteiger partial charge in [0.05, 0.1) is 19.8 Å². The van der Waals surface area contributed by atoms with E-state index in [0.29, 0.717) is 13.2 Å². The number of carbonyl (C=O) groups excluding carboxylic acids is 1. The van der Waals surface area contributed by atoms with E-state index in [-0.39, 0.29) is 6.61 Å². The molecule has 2 N–H and O–H groups in total. The Kier molecular flexibility index (Phi) is 4.04. The molecule has 0 spiro atoms. The third-order valence-corrected chi connectivity index (χ3v) is 1.67. The fraction of sp³-hybridized carbons (Fsp3) is 0.857. The van der Waals surface area contributed by atoms with Crippen molar-refractivity contribution in [2.24, 2.45) is 0 Å². The average Bonchev–Trinajstić information content (AvgIpc) is 2.15. The van der Waals surface area contributed by atoms with Gasteiger partial charge in [0, 0.05) is 6.54 Å². The number of rotatable bonds is 3. The third-order valence-electron chi connectivity index (χ3n) is 1.67. The van der Waals surface area contributed by atoms with Crippen molar-refractivity contribution >= 4 is 5.91 Å². The second-order valence-corrected chi connectivity index (χ2v) is 2.72. The summed E-state index contributed by atoms with van der Waals surface area (Å²) < 4.78 is 28.4. The molecule has 13 heavy (non-hydrogen) atoms. The monoisotopic (exact) mass is 194 g/mol. The quantitative estimate of drug-likeness (QED) is 0.628. The van der Waals surface area contributed by atoms with Crippen molar-refractivity contribution < 1.29 is 18.3 Å². The van der Waals surface area contributed by atoms with E-state index in [1.165, 1.54) is 0 Å². The average molecular weight is 194 g/mol. The Labute approximate surface area is 74.6 Å². The highest BCUT2D eigenvalue weighted by Gasteiger charge is 2.21. The number of ether oxygens (including phenoxy) is 1. The zero-order valence-electron chi connectivity index (χ0n) is 7.06. The molecule has 1 saturated heterocycles. The highest BCUT2D eigenvalue weighted by atomic mass is 19.3. The lowest BCUT2D eigenvalue weighted by atomic mass is 10.2. The van der Waals surface area contributed by atoms with Gasteiger partial charge in [-0.2, -0.15) is 0 Å². The summed E-state index contributed by atoms with van der Waals surface area (Å²) in [6, 6.07) is -0.493. The van der Waals surface area contributed by atoms with Gasteiger partial charge < -0.3 is 15.4 Å². The number of carbonyl (C=O) groups is 1. The van der Waals surface area contributed by atoms with Crippen LogP contribution in [0.5, 0.6) is 0 Å². The first-order valence-electron chi connectivity index (χ1n) is 4.07. The van der Waals surface area contributed by atoms with E-state index in [9.17, 15) is 13.6 Å². The summed E-state index contributed by atoms with van der Waals surface area (Å²) in [6.07, 6.45) is -2.51. The third kappa shape index (κ3) is 3.65. The predicted molar refractivity (Wildman–Crippen MR) is 41.6 cm³/mol. The van der Waals surface area contributed by atoms with Crippen LogP contribution in [0.2, 0.25) is 0 Å². The van der Waals surface area contributed by atoms with Gasteiger partial charge in [0.1, 0.15) is 6.04 Å². The van der Waals surface area contributed by atoms with E-state index in [4.69, 9.17) is 4.74 Å². The second-order valence-electron chi connectivity index (χ2n) is 2.72. The summed E-state index contributed by atoms with van der Waals surface area (Å²) in [5.41, 5.74) is 0. The standard InChI is InChI=1S/C7H12F2N2O2/c8-6(9)3-11-7(12)5-4-13-2-1-10-5/h5-6,10H,1-4H2,(H,11,12). The minimum Gasteiger partial charge on any atom is -0.378 e. The molecule has 0 saturated carbocycles. The zero-order valence-corrected chi connectivity index (χ0v) is 7.06. The van der Waals surface area contributed by atoms with Crippen LogP contribution in [0.25, 0.3) is 0 Å². The van der Waals surface area contributed by atoms with Crippen LogP contribution in [-0.2, 0) is 9.53 Å². The fourth-order valence-electron chi connectivity index (χ4n) is 1.03. The Morgan fingerprint density at radius 1 is 1.69 bits per heavy atom. The number of alkyl halides is 2. The van der Waals surface area contributed by atoms with Gasteiger partial charge in [0.25, 0.3) is 6.43 Å². The molecule has 0 radical (unpaired) electrons. The first-order chi connectivity index (χ1) is 6.20. The van der Waals surface area contributed by atoms with Gasteiger partial charge in [-0.25, -0.2) is 8.78 Å². The topological polar surface area (TPSA) is 50.4 Å². The molecule has 1 fully saturated rings. The lowest BCUT2D eigenvalue weighted by Gasteiger charge is -2.22. The molecule has 0 aromatic rings. The molecule has 1 aliphatic rings. The number of hydrogen-bond donors (Lipinski definition) is 2. The van der Waals surface area contributed by atoms with Crippen LogP contribution >= 0.6 is 0 Å². The van der Waals surface area contributed by atoms with Crippen LogP contribution in [0.15, 0.2) is 0 Å². The molecule has 0 aromatic carbocycles. The van der Waals surface area contributed by atoms with Crippen molar-refractivity contribution in [3.05, 3.63) is 0 Å². The normalized spacial score (nSPS) is 23.2. The van der Waals surface area contributed by atoms with Gasteiger partial charge in [-0.15, -0.1) is 0 Å². The minimum absolute atomic E-state index is 0.245. The second kappa shape index (κ2) is 5.08. The maximum atomic E-state index is 11.7. The Balaban J connectivity index is 2.21. The van der Waals surface area contributed by atoms with Gasteiger partial charge in [0.15, 0.2) is 0 Å². The van der Waals surface area contributed by atoms with Crippen molar-refractivity contribution in [2.45, 2.75) is 12.5 Å². The van der Waals surface area contributed by atoms with Gasteiger partial charge >= 0.3 is 0 Å². The smallest absolute Gasteiger partial charge is 0.255 e. The van der Waals surface area contributed by atoms with Gasteiger partial charge in [-0.1, -0.05) is 0 Å². The van der Waals surface area contributed by atoms with Crippen LogP contribution in [0, 0.1) is 0 Å². The Morgan fingerprint density at radius 2 is 2.46 bits per heavy atom. The molecule has 1 rings (SSSR count). The van der Waals surface area contributed by atoms with Crippen LogP contribution in [-0.4, -0.2) is 44.7 Å². The van der Waals surface area contributed by atoms with E-state index >= 15 is 0 Å². The van der Waals surface area contributed by atoms with Crippen molar-refractivity contribution in [1.29, 1.82) is 0 Å². The van der Waals surface area contributed by atoms with Crippen LogP contribution < -0.4 is 10.6 Å². The molecule has 1 aliphatic heterocycles. The first kappa shape index (κ1) is 10.3. The summed E-state index contributed by atoms with van der Waals surface area (Å²) in [5, 5.41) is 4.98. The molecule has 76 valence electrons. The predicted octanol–water partition coefficient (Wildman–Crippen LogP) is -0.644. The maximum Gasteiger partial charge on any atom is 0.255 e. The molecular formula is C7H12F2N2O2. The maximum absolute atomic E-state index is 11.7. The number of halogens is 2. The summed E-state index contributed by atoms with van der Waals surface area (Å²) >= 11 is 0. The van der Waals surface area contributed by atoms with Crippen LogP contribution in [0.1, 0.15) is 0 Å². The molecule has 1 heterocycles. The summed E-state index contributed by atoms with van der Waals surface area (Å²) in [6.45, 7) is 0.775. The number of amides is 1. The van der Waals surface area contributed by atoms with Gasteiger partial charge in [-0.3, -0.25) is 4.79 Å². The van der Waals surface area contributed by atoms with Crippen molar-refractivity contribution in [2.75, 3.05) is 26.3 Å². The molecule has 0 aromatic heterocycles. The van der Waals surface area contributed by atoms with E-state index in [1.807, 2.05) is 0 Å². The van der Waals surface area contributed by atoms with Crippen molar-refractivity contribution in [3.63, 3.8) is 0 Å². The minimum atomic E-state index is -2.51. The van der Waals surface area contributed by atoms with Crippen LogP contribution in [0.4, 0.5) is 8.78 Å². The summed E-state index contributed by atoms with van der Waals surface area (Å²) in [7, 11) is 0. The number of morpholine rings is 1. The molecule has 1 amide bonds. The van der Waals surface area contributed by atoms with E-state index in [1.54, 1.807) is 0 Å². The molecule has 6 heteroatoms. The van der Waals surface area contributed by atoms with Gasteiger partial charge in [0.2, 0.25) is 5.91 Å². The summed E-state index contributed by atoms with van der Waals surface area (Å²) in [4.78, 5) is 11.1. The largest absolute Gasteiger partial charge is 0.378 e. The highest BCUT2D eigenvalue weighted by molar-refractivity contribution is 5.81. The van der Waals surface area contributed by atoms with Gasteiger partial charge in [-0.05, 0) is 0 Å². The molecule has 1 atom stereocenters. The summed E-state index contributed by atoms with van der Waals surface area (Å²) in [5.74, 6) is -0.431. The molecular weight excluding hydrogens is 182 g/mol. The van der Waals surface area contributed by atoms with Crippen LogP contribution in [0.3, 0.4) is 0 Å². The number of hydrogen-bond acceptors (Lipinski definition) is 3. The molecule has 1 unspecified atom stereocenters. The van der Waals surface area contributed by atoms with E-state index in [0.717, 1.165) is 0 Å². The molecule has 4 nitrogen and oxygen atoms in total. The SMILES string of the molecule is O=C(NCC(F)F)C1COCCN1. The Bertz CT molecular complexity index is 172. The Morgan fingerprint density at radius 3 is 3.00 bits per heavy atom. The van der Waals surface area contributed by atoms with E-state index in [2.05, 4.69) is 10.6 Å².